The highest BCUT2D eigenvalue weighted by atomic mass is 16.1. The molecule has 4 saturated carbocycles. The summed E-state index contributed by atoms with van der Waals surface area (Å²) in [6.45, 7) is 1.79. The number of carbonyl (C=O) groups is 1. The van der Waals surface area contributed by atoms with Crippen molar-refractivity contribution in [3.05, 3.63) is 11.3 Å². The van der Waals surface area contributed by atoms with Crippen molar-refractivity contribution in [3.63, 3.8) is 0 Å². The summed E-state index contributed by atoms with van der Waals surface area (Å²) in [5, 5.41) is 13.8. The van der Waals surface area contributed by atoms with Crippen LogP contribution in [0.4, 0.5) is 5.82 Å². The van der Waals surface area contributed by atoms with Crippen LogP contribution in [0.1, 0.15) is 56.2 Å². The van der Waals surface area contributed by atoms with Crippen LogP contribution in [0.3, 0.4) is 0 Å². The van der Waals surface area contributed by atoms with E-state index in [4.69, 9.17) is 0 Å². The summed E-state index contributed by atoms with van der Waals surface area (Å²) in [5.74, 6) is 3.66. The minimum atomic E-state index is 0.180. The third kappa shape index (κ3) is 2.40. The number of nitrogens with one attached hydrogen (secondary N) is 3. The number of hydrogen-bond acceptors (Lipinski definition) is 3. The molecule has 124 valence electrons. The molecule has 4 bridgehead atoms. The SMILES string of the molecule is O=C(CC12CC3CC(CC(C3)C1)C2)Nc1n[nH]c2c1CCNC2. The van der Waals surface area contributed by atoms with Crippen LogP contribution in [-0.2, 0) is 17.8 Å². The molecule has 1 aromatic rings. The Bertz CT molecular complexity index is 600. The Hall–Kier alpha value is -1.36. The van der Waals surface area contributed by atoms with Gasteiger partial charge in [-0.3, -0.25) is 9.89 Å². The fourth-order valence-electron chi connectivity index (χ4n) is 6.37. The normalized spacial score (nSPS) is 37.7. The Kier molecular flexibility index (Phi) is 3.09. The molecule has 4 aliphatic carbocycles. The van der Waals surface area contributed by atoms with Crippen molar-refractivity contribution in [2.75, 3.05) is 11.9 Å². The zero-order valence-corrected chi connectivity index (χ0v) is 13.7. The van der Waals surface area contributed by atoms with E-state index < -0.39 is 0 Å². The largest absolute Gasteiger partial charge is 0.311 e. The monoisotopic (exact) mass is 314 g/mol. The number of rotatable bonds is 3. The van der Waals surface area contributed by atoms with Gasteiger partial charge in [-0.1, -0.05) is 0 Å². The van der Waals surface area contributed by atoms with Crippen LogP contribution in [0, 0.1) is 23.2 Å². The van der Waals surface area contributed by atoms with Crippen LogP contribution in [-0.4, -0.2) is 22.6 Å². The van der Waals surface area contributed by atoms with E-state index in [1.807, 2.05) is 0 Å². The quantitative estimate of drug-likeness (QED) is 0.803. The van der Waals surface area contributed by atoms with Crippen molar-refractivity contribution in [2.45, 2.75) is 57.9 Å². The lowest BCUT2D eigenvalue weighted by molar-refractivity contribution is -0.124. The molecule has 0 spiro atoms. The third-order valence-corrected chi connectivity index (χ3v) is 6.76. The van der Waals surface area contributed by atoms with Crippen LogP contribution in [0.15, 0.2) is 0 Å². The van der Waals surface area contributed by atoms with Crippen LogP contribution in [0.5, 0.6) is 0 Å². The van der Waals surface area contributed by atoms with Crippen molar-refractivity contribution in [3.8, 4) is 0 Å². The molecule has 5 heteroatoms. The number of anilines is 1. The van der Waals surface area contributed by atoms with E-state index >= 15 is 0 Å². The molecule has 2 heterocycles. The van der Waals surface area contributed by atoms with Crippen LogP contribution >= 0.6 is 0 Å². The Balaban J connectivity index is 1.30. The zero-order chi connectivity index (χ0) is 15.4. The van der Waals surface area contributed by atoms with Gasteiger partial charge < -0.3 is 10.6 Å². The number of hydrogen-bond donors (Lipinski definition) is 3. The Morgan fingerprint density at radius 1 is 1.17 bits per heavy atom. The molecule has 0 radical (unpaired) electrons. The van der Waals surface area contributed by atoms with Gasteiger partial charge in [-0.15, -0.1) is 0 Å². The molecule has 4 fully saturated rings. The van der Waals surface area contributed by atoms with E-state index in [9.17, 15) is 4.79 Å². The highest BCUT2D eigenvalue weighted by molar-refractivity contribution is 5.91. The van der Waals surface area contributed by atoms with Gasteiger partial charge in [0.25, 0.3) is 0 Å². The number of nitrogens with zero attached hydrogens (tertiary/aromatic N) is 1. The van der Waals surface area contributed by atoms with Crippen LogP contribution in [0.2, 0.25) is 0 Å². The van der Waals surface area contributed by atoms with Crippen molar-refractivity contribution in [1.29, 1.82) is 0 Å². The van der Waals surface area contributed by atoms with Crippen molar-refractivity contribution in [2.24, 2.45) is 23.2 Å². The van der Waals surface area contributed by atoms with Crippen LogP contribution < -0.4 is 10.6 Å². The first kappa shape index (κ1) is 14.0. The second kappa shape index (κ2) is 5.07. The summed E-state index contributed by atoms with van der Waals surface area (Å²) in [4.78, 5) is 12.7. The molecule has 1 aliphatic heterocycles. The van der Waals surface area contributed by atoms with E-state index in [1.165, 1.54) is 44.1 Å². The first-order chi connectivity index (χ1) is 11.2. The number of H-pyrrole nitrogens is 1. The maximum Gasteiger partial charge on any atom is 0.226 e. The van der Waals surface area contributed by atoms with Crippen LogP contribution in [0.25, 0.3) is 0 Å². The van der Waals surface area contributed by atoms with E-state index in [0.717, 1.165) is 48.8 Å². The molecule has 5 nitrogen and oxygen atoms in total. The Morgan fingerprint density at radius 3 is 2.57 bits per heavy atom. The van der Waals surface area contributed by atoms with E-state index in [1.54, 1.807) is 0 Å². The highest BCUT2D eigenvalue weighted by Crippen LogP contribution is 2.61. The molecular formula is C18H26N4O. The predicted octanol–water partition coefficient (Wildman–Crippen LogP) is 2.60. The van der Waals surface area contributed by atoms with Gasteiger partial charge >= 0.3 is 0 Å². The first-order valence-corrected chi connectivity index (χ1v) is 9.26. The molecule has 6 rings (SSSR count). The number of aromatic amines is 1. The lowest BCUT2D eigenvalue weighted by Crippen LogP contribution is -2.47. The lowest BCUT2D eigenvalue weighted by atomic mass is 9.49. The third-order valence-electron chi connectivity index (χ3n) is 6.76. The second-order valence-corrected chi connectivity index (χ2v) is 8.60. The second-order valence-electron chi connectivity index (χ2n) is 8.60. The first-order valence-electron chi connectivity index (χ1n) is 9.26. The molecule has 0 atom stereocenters. The zero-order valence-electron chi connectivity index (χ0n) is 13.7. The highest BCUT2D eigenvalue weighted by Gasteiger charge is 2.51. The molecule has 0 aromatic carbocycles. The minimum Gasteiger partial charge on any atom is -0.311 e. The molecule has 23 heavy (non-hydrogen) atoms. The maximum absolute atomic E-state index is 12.7. The van der Waals surface area contributed by atoms with E-state index in [2.05, 4.69) is 20.8 Å². The summed E-state index contributed by atoms with van der Waals surface area (Å²) in [6.07, 6.45) is 9.80. The van der Waals surface area contributed by atoms with Gasteiger partial charge in [0.05, 0.1) is 5.69 Å². The summed E-state index contributed by atoms with van der Waals surface area (Å²) >= 11 is 0. The van der Waals surface area contributed by atoms with Gasteiger partial charge in [-0.05, 0) is 74.7 Å². The van der Waals surface area contributed by atoms with Gasteiger partial charge in [-0.25, -0.2) is 0 Å². The number of carbonyl (C=O) groups excluding carboxylic acids is 1. The fourth-order valence-corrected chi connectivity index (χ4v) is 6.37. The standard InChI is InChI=1S/C18H26N4O/c23-16(20-17-14-1-2-19-10-15(14)21-22-17)9-18-6-11-3-12(7-18)5-13(4-11)8-18/h11-13,19H,1-10H2,(H2,20,21,22,23). The molecule has 1 aromatic heterocycles. The van der Waals surface area contributed by atoms with Gasteiger partial charge in [0, 0.05) is 18.5 Å². The van der Waals surface area contributed by atoms with Crippen molar-refractivity contribution < 1.29 is 4.79 Å². The summed E-state index contributed by atoms with van der Waals surface area (Å²) in [7, 11) is 0. The minimum absolute atomic E-state index is 0.180. The number of amides is 1. The van der Waals surface area contributed by atoms with Crippen molar-refractivity contribution in [1.82, 2.24) is 15.5 Å². The molecular weight excluding hydrogens is 288 g/mol. The Labute approximate surface area is 137 Å². The van der Waals surface area contributed by atoms with Gasteiger partial charge in [-0.2, -0.15) is 5.10 Å². The predicted molar refractivity (Wildman–Crippen MR) is 87.9 cm³/mol. The molecule has 0 saturated heterocycles. The average molecular weight is 314 g/mol. The van der Waals surface area contributed by atoms with Crippen molar-refractivity contribution >= 4 is 11.7 Å². The number of fused-ring (bicyclic) bond motifs is 1. The maximum atomic E-state index is 12.7. The van der Waals surface area contributed by atoms with Gasteiger partial charge in [0.1, 0.15) is 0 Å². The molecule has 3 N–H and O–H groups in total. The number of aromatic nitrogens is 2. The lowest BCUT2D eigenvalue weighted by Gasteiger charge is -2.56. The van der Waals surface area contributed by atoms with Gasteiger partial charge in [0.15, 0.2) is 5.82 Å². The van der Waals surface area contributed by atoms with E-state index in [0.29, 0.717) is 11.8 Å². The summed E-state index contributed by atoms with van der Waals surface area (Å²) in [6, 6.07) is 0. The fraction of sp³-hybridized carbons (Fsp3) is 0.778. The topological polar surface area (TPSA) is 69.8 Å². The smallest absolute Gasteiger partial charge is 0.226 e. The average Bonchev–Trinajstić information content (AvgIpc) is 2.88. The summed E-state index contributed by atoms with van der Waals surface area (Å²) < 4.78 is 0. The molecule has 1 amide bonds. The summed E-state index contributed by atoms with van der Waals surface area (Å²) in [5.41, 5.74) is 2.63. The molecule has 5 aliphatic rings. The van der Waals surface area contributed by atoms with E-state index in [-0.39, 0.29) is 5.91 Å². The molecule has 0 unspecified atom stereocenters. The van der Waals surface area contributed by atoms with Gasteiger partial charge in [0.2, 0.25) is 5.91 Å². The Morgan fingerprint density at radius 2 is 1.87 bits per heavy atom.